The predicted molar refractivity (Wildman–Crippen MR) is 107 cm³/mol. The van der Waals surface area contributed by atoms with E-state index in [9.17, 15) is 4.79 Å². The van der Waals surface area contributed by atoms with Gasteiger partial charge in [0.1, 0.15) is 11.3 Å². The van der Waals surface area contributed by atoms with E-state index in [-0.39, 0.29) is 11.9 Å². The van der Waals surface area contributed by atoms with Crippen LogP contribution in [0.1, 0.15) is 35.6 Å². The van der Waals surface area contributed by atoms with E-state index in [1.54, 1.807) is 7.11 Å². The summed E-state index contributed by atoms with van der Waals surface area (Å²) in [6, 6.07) is 16.7. The highest BCUT2D eigenvalue weighted by atomic mass is 16.5. The van der Waals surface area contributed by atoms with E-state index in [1.807, 2.05) is 32.3 Å². The van der Waals surface area contributed by atoms with Gasteiger partial charge >= 0.3 is 0 Å². The summed E-state index contributed by atoms with van der Waals surface area (Å²) in [5.41, 5.74) is 3.23. The van der Waals surface area contributed by atoms with Gasteiger partial charge < -0.3 is 9.64 Å². The zero-order valence-electron chi connectivity index (χ0n) is 16.4. The zero-order valence-corrected chi connectivity index (χ0v) is 16.4. The van der Waals surface area contributed by atoms with Gasteiger partial charge in [0.05, 0.1) is 13.2 Å². The Morgan fingerprint density at radius 3 is 2.33 bits per heavy atom. The van der Waals surface area contributed by atoms with Crippen molar-refractivity contribution in [1.29, 1.82) is 0 Å². The fourth-order valence-corrected chi connectivity index (χ4v) is 4.80. The van der Waals surface area contributed by atoms with E-state index >= 15 is 0 Å². The minimum atomic E-state index is -0.492. The molecule has 0 aromatic heterocycles. The van der Waals surface area contributed by atoms with Gasteiger partial charge in [0.15, 0.2) is 0 Å². The second-order valence-corrected chi connectivity index (χ2v) is 7.95. The van der Waals surface area contributed by atoms with Crippen molar-refractivity contribution in [3.8, 4) is 5.75 Å². The molecular formula is C23H28N2O2. The molecule has 1 heterocycles. The number of fused-ring (bicyclic) bond motifs is 1. The number of carbonyl (C=O) groups excluding carboxylic acids is 1. The van der Waals surface area contributed by atoms with Crippen LogP contribution in [0.4, 0.5) is 0 Å². The molecule has 0 N–H and O–H groups in total. The Bertz CT molecular complexity index is 821. The number of likely N-dealkylation sites (tertiary alicyclic amines) is 1. The molecule has 1 saturated heterocycles. The lowest BCUT2D eigenvalue weighted by molar-refractivity contribution is -0.143. The molecule has 2 aliphatic rings. The first-order valence-electron chi connectivity index (χ1n) is 9.75. The molecule has 4 heteroatoms. The lowest BCUT2D eigenvalue weighted by atomic mass is 9.91. The Kier molecular flexibility index (Phi) is 4.68. The molecule has 2 aromatic carbocycles. The maximum absolute atomic E-state index is 13.9. The zero-order chi connectivity index (χ0) is 19.0. The molecular weight excluding hydrogens is 336 g/mol. The minimum Gasteiger partial charge on any atom is -0.496 e. The molecule has 0 saturated carbocycles. The van der Waals surface area contributed by atoms with E-state index in [1.165, 1.54) is 11.1 Å². The average Bonchev–Trinajstić information content (AvgIpc) is 3.32. The molecule has 0 bridgehead atoms. The van der Waals surface area contributed by atoms with Crippen LogP contribution >= 0.6 is 0 Å². The van der Waals surface area contributed by atoms with Crippen LogP contribution in [0.3, 0.4) is 0 Å². The first-order valence-corrected chi connectivity index (χ1v) is 9.75. The molecule has 4 nitrogen and oxygen atoms in total. The SMILES string of the molecule is COc1ccccc1C1CCCN1C(=O)C1(N(C)C)Cc2ccccc2C1. The van der Waals surface area contributed by atoms with Crippen LogP contribution in [0.25, 0.3) is 0 Å². The van der Waals surface area contributed by atoms with Gasteiger partial charge in [0, 0.05) is 24.9 Å². The summed E-state index contributed by atoms with van der Waals surface area (Å²) in [6.07, 6.45) is 3.59. The molecule has 1 unspecified atom stereocenters. The standard InChI is InChI=1S/C23H28N2O2/c1-24(2)23(15-17-9-4-5-10-18(17)16-23)22(26)25-14-8-12-20(25)19-11-6-7-13-21(19)27-3/h4-7,9-11,13,20H,8,12,14-16H2,1-3H3. The number of benzene rings is 2. The van der Waals surface area contributed by atoms with Crippen LogP contribution in [0, 0.1) is 0 Å². The Morgan fingerprint density at radius 1 is 1.07 bits per heavy atom. The van der Waals surface area contributed by atoms with Gasteiger partial charge in [-0.15, -0.1) is 0 Å². The molecule has 4 rings (SSSR count). The fourth-order valence-electron chi connectivity index (χ4n) is 4.80. The number of carbonyl (C=O) groups is 1. The highest BCUT2D eigenvalue weighted by Crippen LogP contribution is 2.42. The molecule has 1 aliphatic heterocycles. The summed E-state index contributed by atoms with van der Waals surface area (Å²) in [7, 11) is 5.78. The molecule has 2 aromatic rings. The predicted octanol–water partition coefficient (Wildman–Crippen LogP) is 3.46. The Hall–Kier alpha value is -2.33. The number of methoxy groups -OCH3 is 1. The minimum absolute atomic E-state index is 0.0918. The van der Waals surface area contributed by atoms with Crippen LogP contribution in [-0.4, -0.2) is 49.0 Å². The van der Waals surface area contributed by atoms with Crippen molar-refractivity contribution in [2.24, 2.45) is 0 Å². The van der Waals surface area contributed by atoms with Crippen molar-refractivity contribution < 1.29 is 9.53 Å². The van der Waals surface area contributed by atoms with Crippen molar-refractivity contribution in [1.82, 2.24) is 9.80 Å². The second-order valence-electron chi connectivity index (χ2n) is 7.95. The largest absolute Gasteiger partial charge is 0.496 e. The number of para-hydroxylation sites is 1. The number of amides is 1. The summed E-state index contributed by atoms with van der Waals surface area (Å²) in [5.74, 6) is 1.12. The quantitative estimate of drug-likeness (QED) is 0.833. The van der Waals surface area contributed by atoms with Crippen LogP contribution in [-0.2, 0) is 17.6 Å². The van der Waals surface area contributed by atoms with Gasteiger partial charge in [-0.05, 0) is 44.1 Å². The van der Waals surface area contributed by atoms with Gasteiger partial charge in [-0.1, -0.05) is 42.5 Å². The number of hydrogen-bond donors (Lipinski definition) is 0. The highest BCUT2D eigenvalue weighted by Gasteiger charge is 2.49. The van der Waals surface area contributed by atoms with Crippen molar-refractivity contribution >= 4 is 5.91 Å². The van der Waals surface area contributed by atoms with Crippen molar-refractivity contribution in [3.63, 3.8) is 0 Å². The van der Waals surface area contributed by atoms with E-state index in [2.05, 4.69) is 40.1 Å². The summed E-state index contributed by atoms with van der Waals surface area (Å²) < 4.78 is 5.59. The van der Waals surface area contributed by atoms with Crippen LogP contribution in [0.2, 0.25) is 0 Å². The average molecular weight is 364 g/mol. The van der Waals surface area contributed by atoms with Gasteiger partial charge in [-0.3, -0.25) is 9.69 Å². The lowest BCUT2D eigenvalue weighted by Gasteiger charge is -2.40. The maximum Gasteiger partial charge on any atom is 0.244 e. The summed E-state index contributed by atoms with van der Waals surface area (Å²) >= 11 is 0. The van der Waals surface area contributed by atoms with Crippen molar-refractivity contribution in [3.05, 3.63) is 65.2 Å². The van der Waals surface area contributed by atoms with Crippen molar-refractivity contribution in [2.75, 3.05) is 27.7 Å². The van der Waals surface area contributed by atoms with Gasteiger partial charge in [-0.25, -0.2) is 0 Å². The smallest absolute Gasteiger partial charge is 0.244 e. The Balaban J connectivity index is 1.68. The fraction of sp³-hybridized carbons (Fsp3) is 0.435. The van der Waals surface area contributed by atoms with E-state index in [0.717, 1.165) is 43.5 Å². The normalized spacial score (nSPS) is 20.7. The van der Waals surface area contributed by atoms with Gasteiger partial charge in [-0.2, -0.15) is 0 Å². The third-order valence-corrected chi connectivity index (χ3v) is 6.35. The molecule has 1 atom stereocenters. The molecule has 1 fully saturated rings. The number of ether oxygens (including phenoxy) is 1. The molecule has 1 aliphatic carbocycles. The lowest BCUT2D eigenvalue weighted by Crippen LogP contribution is -2.58. The second kappa shape index (κ2) is 7.01. The third kappa shape index (κ3) is 2.92. The molecule has 27 heavy (non-hydrogen) atoms. The number of nitrogens with zero attached hydrogens (tertiary/aromatic N) is 2. The van der Waals surface area contributed by atoms with Gasteiger partial charge in [0.2, 0.25) is 5.91 Å². The Labute approximate surface area is 161 Å². The third-order valence-electron chi connectivity index (χ3n) is 6.35. The van der Waals surface area contributed by atoms with Gasteiger partial charge in [0.25, 0.3) is 0 Å². The number of likely N-dealkylation sites (N-methyl/N-ethyl adjacent to an activating group) is 1. The van der Waals surface area contributed by atoms with E-state index in [4.69, 9.17) is 4.74 Å². The molecule has 142 valence electrons. The molecule has 1 amide bonds. The highest BCUT2D eigenvalue weighted by molar-refractivity contribution is 5.89. The topological polar surface area (TPSA) is 32.8 Å². The molecule has 0 spiro atoms. The molecule has 0 radical (unpaired) electrons. The summed E-state index contributed by atoms with van der Waals surface area (Å²) in [5, 5.41) is 0. The first kappa shape index (κ1) is 18.1. The van der Waals surface area contributed by atoms with Crippen LogP contribution in [0.15, 0.2) is 48.5 Å². The van der Waals surface area contributed by atoms with Crippen LogP contribution in [0.5, 0.6) is 5.75 Å². The van der Waals surface area contributed by atoms with E-state index in [0.29, 0.717) is 0 Å². The first-order chi connectivity index (χ1) is 13.1. The summed E-state index contributed by atoms with van der Waals surface area (Å²) in [4.78, 5) is 18.1. The number of hydrogen-bond acceptors (Lipinski definition) is 3. The maximum atomic E-state index is 13.9. The number of rotatable bonds is 4. The summed E-state index contributed by atoms with van der Waals surface area (Å²) in [6.45, 7) is 0.813. The van der Waals surface area contributed by atoms with Crippen molar-refractivity contribution in [2.45, 2.75) is 37.3 Å². The van der Waals surface area contributed by atoms with E-state index < -0.39 is 5.54 Å². The monoisotopic (exact) mass is 364 g/mol. The Morgan fingerprint density at radius 2 is 1.70 bits per heavy atom. The van der Waals surface area contributed by atoms with Crippen LogP contribution < -0.4 is 4.74 Å².